The summed E-state index contributed by atoms with van der Waals surface area (Å²) in [6.45, 7) is 5.08. The van der Waals surface area contributed by atoms with E-state index < -0.39 is 24.2 Å². The minimum Gasteiger partial charge on any atom is -0.480 e. The van der Waals surface area contributed by atoms with Crippen molar-refractivity contribution in [1.82, 2.24) is 5.32 Å². The lowest BCUT2D eigenvalue weighted by molar-refractivity contribution is -0.135. The van der Waals surface area contributed by atoms with Gasteiger partial charge in [0.2, 0.25) is 0 Å². The molecule has 5 heteroatoms. The normalized spacial score (nSPS) is 26.9. The molecule has 0 saturated heterocycles. The van der Waals surface area contributed by atoms with Crippen molar-refractivity contribution in [3.63, 3.8) is 0 Å². The number of alkyl carbamates (subject to hydrolysis) is 1. The fourth-order valence-corrected chi connectivity index (χ4v) is 1.68. The van der Waals surface area contributed by atoms with Crippen LogP contribution in [0.2, 0.25) is 0 Å². The summed E-state index contributed by atoms with van der Waals surface area (Å²) in [5, 5.41) is 10.5. The number of hydrogen-bond acceptors (Lipinski definition) is 3. The molecule has 1 rings (SSSR count). The van der Waals surface area contributed by atoms with Crippen molar-refractivity contribution in [2.24, 2.45) is 5.92 Å². The molecule has 0 unspecified atom stereocenters. The Morgan fingerprint density at radius 3 is 2.94 bits per heavy atom. The monoisotopic (exact) mass is 227 g/mol. The Hall–Kier alpha value is -1.52. The molecular weight excluding hydrogens is 210 g/mol. The molecule has 1 amide bonds. The summed E-state index contributed by atoms with van der Waals surface area (Å²) in [5.41, 5.74) is -0.425. The molecule has 0 bridgehead atoms. The molecule has 1 aliphatic carbocycles. The van der Waals surface area contributed by atoms with Crippen LogP contribution >= 0.6 is 0 Å². The highest BCUT2D eigenvalue weighted by molar-refractivity contribution is 5.76. The maximum atomic E-state index is 11.2. The zero-order valence-corrected chi connectivity index (χ0v) is 9.36. The average Bonchev–Trinajstić information content (AvgIpc) is 2.83. The third-order valence-corrected chi connectivity index (χ3v) is 2.78. The molecule has 1 fully saturated rings. The molecule has 0 aromatic carbocycles. The predicted molar refractivity (Wildman–Crippen MR) is 58.1 cm³/mol. The van der Waals surface area contributed by atoms with E-state index in [2.05, 4.69) is 11.9 Å². The summed E-state index contributed by atoms with van der Waals surface area (Å²) < 4.78 is 5.16. The lowest BCUT2D eigenvalue weighted by Crippen LogP contribution is -2.33. The van der Waals surface area contributed by atoms with E-state index in [-0.39, 0.29) is 0 Å². The van der Waals surface area contributed by atoms with Gasteiger partial charge in [-0.3, -0.25) is 4.79 Å². The molecule has 90 valence electrons. The van der Waals surface area contributed by atoms with Crippen LogP contribution in [-0.2, 0) is 9.53 Å². The number of aliphatic carboxylic acids is 1. The number of rotatable bonds is 6. The Morgan fingerprint density at radius 2 is 2.38 bits per heavy atom. The molecule has 0 heterocycles. The quantitative estimate of drug-likeness (QED) is 0.675. The summed E-state index contributed by atoms with van der Waals surface area (Å²) in [4.78, 5) is 21.4. The molecule has 0 aromatic rings. The number of allylic oxidation sites excluding steroid dienone is 1. The van der Waals surface area contributed by atoms with Gasteiger partial charge >= 0.3 is 12.1 Å². The van der Waals surface area contributed by atoms with E-state index >= 15 is 0 Å². The van der Waals surface area contributed by atoms with E-state index in [0.717, 1.165) is 19.3 Å². The molecule has 5 nitrogen and oxygen atoms in total. The predicted octanol–water partition coefficient (Wildman–Crippen LogP) is 1.54. The topological polar surface area (TPSA) is 75.6 Å². The zero-order valence-electron chi connectivity index (χ0n) is 9.36. The Labute approximate surface area is 94.5 Å². The van der Waals surface area contributed by atoms with Crippen LogP contribution in [0.5, 0.6) is 0 Å². The first-order valence-electron chi connectivity index (χ1n) is 5.27. The zero-order chi connectivity index (χ0) is 12.2. The highest BCUT2D eigenvalue weighted by Crippen LogP contribution is 2.49. The van der Waals surface area contributed by atoms with Gasteiger partial charge in [-0.05, 0) is 26.2 Å². The van der Waals surface area contributed by atoms with Gasteiger partial charge in [-0.15, -0.1) is 6.58 Å². The van der Waals surface area contributed by atoms with Crippen molar-refractivity contribution in [3.05, 3.63) is 12.7 Å². The number of carbonyl (C=O) groups is 2. The second-order valence-corrected chi connectivity index (χ2v) is 4.22. The highest BCUT2D eigenvalue weighted by Gasteiger charge is 2.53. The first-order chi connectivity index (χ1) is 7.48. The van der Waals surface area contributed by atoms with Gasteiger partial charge < -0.3 is 15.2 Å². The summed E-state index contributed by atoms with van der Waals surface area (Å²) in [6, 6.07) is 0. The van der Waals surface area contributed by atoms with Crippen LogP contribution in [0.4, 0.5) is 4.79 Å². The van der Waals surface area contributed by atoms with Crippen molar-refractivity contribution in [3.8, 4) is 0 Å². The number of carboxylic acid groups (broad SMARTS) is 1. The molecule has 0 aromatic heterocycles. The number of carboxylic acids is 1. The van der Waals surface area contributed by atoms with Gasteiger partial charge in [-0.2, -0.15) is 0 Å². The van der Waals surface area contributed by atoms with E-state index in [1.54, 1.807) is 0 Å². The van der Waals surface area contributed by atoms with Gasteiger partial charge in [-0.1, -0.05) is 6.08 Å². The van der Waals surface area contributed by atoms with Gasteiger partial charge in [0.15, 0.2) is 0 Å². The van der Waals surface area contributed by atoms with E-state index in [0.29, 0.717) is 5.92 Å². The smallest absolute Gasteiger partial charge is 0.408 e. The third kappa shape index (κ3) is 3.56. The van der Waals surface area contributed by atoms with Gasteiger partial charge in [0.05, 0.1) is 0 Å². The Balaban J connectivity index is 2.24. The van der Waals surface area contributed by atoms with Crippen LogP contribution in [0.1, 0.15) is 26.2 Å². The van der Waals surface area contributed by atoms with Crippen LogP contribution in [0.25, 0.3) is 0 Å². The summed E-state index contributed by atoms with van der Waals surface area (Å²) in [7, 11) is 0. The fourth-order valence-electron chi connectivity index (χ4n) is 1.68. The second-order valence-electron chi connectivity index (χ2n) is 4.22. The van der Waals surface area contributed by atoms with Gasteiger partial charge in [0, 0.05) is 5.92 Å². The van der Waals surface area contributed by atoms with E-state index in [4.69, 9.17) is 9.84 Å². The number of carbonyl (C=O) groups excluding carboxylic acids is 1. The molecule has 0 radical (unpaired) electrons. The third-order valence-electron chi connectivity index (χ3n) is 2.78. The van der Waals surface area contributed by atoms with Crippen molar-refractivity contribution in [2.45, 2.75) is 31.8 Å². The first-order valence-corrected chi connectivity index (χ1v) is 5.27. The molecule has 1 saturated carbocycles. The Morgan fingerprint density at radius 1 is 1.69 bits per heavy atom. The number of amides is 1. The number of ether oxygens (including phenoxy) is 1. The average molecular weight is 227 g/mol. The molecule has 2 atom stereocenters. The molecule has 16 heavy (non-hydrogen) atoms. The lowest BCUT2D eigenvalue weighted by atomic mass is 10.2. The Bertz CT molecular complexity index is 302. The number of hydrogen-bond donors (Lipinski definition) is 2. The van der Waals surface area contributed by atoms with Crippen molar-refractivity contribution in [2.75, 3.05) is 6.54 Å². The van der Waals surface area contributed by atoms with Crippen molar-refractivity contribution < 1.29 is 19.4 Å². The van der Waals surface area contributed by atoms with E-state index in [1.165, 1.54) is 0 Å². The van der Waals surface area contributed by atoms with Crippen LogP contribution in [0, 0.1) is 5.92 Å². The maximum absolute atomic E-state index is 11.2. The molecule has 0 spiro atoms. The largest absolute Gasteiger partial charge is 0.480 e. The summed E-state index contributed by atoms with van der Waals surface area (Å²) in [5.74, 6) is -0.720. The van der Waals surface area contributed by atoms with Crippen LogP contribution in [0.3, 0.4) is 0 Å². The van der Waals surface area contributed by atoms with Crippen LogP contribution in [-0.4, -0.2) is 29.3 Å². The van der Waals surface area contributed by atoms with Gasteiger partial charge in [0.25, 0.3) is 0 Å². The van der Waals surface area contributed by atoms with E-state index in [9.17, 15) is 9.59 Å². The summed E-state index contributed by atoms with van der Waals surface area (Å²) >= 11 is 0. The summed E-state index contributed by atoms with van der Waals surface area (Å²) in [6.07, 6.45) is 3.86. The lowest BCUT2D eigenvalue weighted by Gasteiger charge is -2.13. The van der Waals surface area contributed by atoms with Crippen LogP contribution in [0.15, 0.2) is 12.7 Å². The molecule has 1 aliphatic rings. The number of nitrogens with one attached hydrogen (secondary N) is 1. The standard InChI is InChI=1S/C11H17NO4/c1-3-4-5-8-6-11(8,2)16-10(15)12-7-9(13)14/h3,8H,1,4-7H2,2H3,(H,12,15)(H,13,14)/t8-,11-/m0/s1. The SMILES string of the molecule is C=CCC[C@H]1C[C@]1(C)OC(=O)NCC(=O)O. The van der Waals surface area contributed by atoms with Gasteiger partial charge in [-0.25, -0.2) is 4.79 Å². The van der Waals surface area contributed by atoms with Crippen LogP contribution < -0.4 is 5.32 Å². The maximum Gasteiger partial charge on any atom is 0.408 e. The van der Waals surface area contributed by atoms with Crippen molar-refractivity contribution >= 4 is 12.1 Å². The molecule has 0 aliphatic heterocycles. The molecule has 2 N–H and O–H groups in total. The van der Waals surface area contributed by atoms with Gasteiger partial charge in [0.1, 0.15) is 12.1 Å². The highest BCUT2D eigenvalue weighted by atomic mass is 16.6. The Kier molecular flexibility index (Phi) is 3.93. The minimum atomic E-state index is -1.08. The second kappa shape index (κ2) is 5.01. The first kappa shape index (κ1) is 12.5. The molecular formula is C11H17NO4. The minimum absolute atomic E-state index is 0.362. The van der Waals surface area contributed by atoms with Crippen molar-refractivity contribution in [1.29, 1.82) is 0 Å². The van der Waals surface area contributed by atoms with E-state index in [1.807, 2.05) is 13.0 Å². The fraction of sp³-hybridized carbons (Fsp3) is 0.636.